The second-order valence-corrected chi connectivity index (χ2v) is 7.11. The highest BCUT2D eigenvalue weighted by Gasteiger charge is 2.08. The maximum Gasteiger partial charge on any atom is 0.193 e. The molecule has 0 saturated carbocycles. The second kappa shape index (κ2) is 13.0. The van der Waals surface area contributed by atoms with E-state index in [2.05, 4.69) is 61.2 Å². The van der Waals surface area contributed by atoms with Crippen LogP contribution in [0.2, 0.25) is 0 Å². The summed E-state index contributed by atoms with van der Waals surface area (Å²) in [7, 11) is 3.86. The van der Waals surface area contributed by atoms with Crippen molar-refractivity contribution in [1.29, 1.82) is 0 Å². The zero-order chi connectivity index (χ0) is 21.2. The number of aromatic nitrogens is 2. The number of guanidine groups is 1. The molecule has 31 heavy (non-hydrogen) atoms. The van der Waals surface area contributed by atoms with E-state index in [4.69, 9.17) is 4.74 Å². The summed E-state index contributed by atoms with van der Waals surface area (Å²) in [5.41, 5.74) is 2.48. The first-order valence-corrected chi connectivity index (χ1v) is 10.4. The molecule has 6 nitrogen and oxygen atoms in total. The molecule has 7 heteroatoms. The predicted molar refractivity (Wildman–Crippen MR) is 137 cm³/mol. The molecule has 0 fully saturated rings. The van der Waals surface area contributed by atoms with Crippen LogP contribution in [0.4, 0.5) is 0 Å². The monoisotopic (exact) mass is 533 g/mol. The van der Waals surface area contributed by atoms with Gasteiger partial charge in [-0.1, -0.05) is 42.5 Å². The lowest BCUT2D eigenvalue weighted by molar-refractivity contribution is 0.340. The third-order valence-electron chi connectivity index (χ3n) is 4.86. The zero-order valence-electron chi connectivity index (χ0n) is 18.5. The summed E-state index contributed by atoms with van der Waals surface area (Å²) in [5, 5.41) is 3.45. The van der Waals surface area contributed by atoms with Crippen molar-refractivity contribution in [3.8, 4) is 5.75 Å². The zero-order valence-corrected chi connectivity index (χ0v) is 20.8. The number of nitrogens with one attached hydrogen (secondary N) is 1. The molecule has 0 radical (unpaired) electrons. The third kappa shape index (κ3) is 7.57. The van der Waals surface area contributed by atoms with Gasteiger partial charge < -0.3 is 19.5 Å². The fraction of sp³-hybridized carbons (Fsp3) is 0.333. The molecule has 2 aromatic carbocycles. The quantitative estimate of drug-likeness (QED) is 0.255. The van der Waals surface area contributed by atoms with Gasteiger partial charge in [0.2, 0.25) is 0 Å². The van der Waals surface area contributed by atoms with Gasteiger partial charge in [-0.25, -0.2) is 4.98 Å². The molecule has 0 aliphatic rings. The van der Waals surface area contributed by atoms with Crippen LogP contribution in [0, 0.1) is 0 Å². The van der Waals surface area contributed by atoms with Crippen LogP contribution < -0.4 is 10.1 Å². The average molecular weight is 533 g/mol. The maximum atomic E-state index is 5.51. The highest BCUT2D eigenvalue weighted by Crippen LogP contribution is 2.13. The first-order valence-electron chi connectivity index (χ1n) is 10.4. The largest absolute Gasteiger partial charge is 0.494 e. The van der Waals surface area contributed by atoms with Crippen molar-refractivity contribution < 1.29 is 4.74 Å². The number of halogens is 1. The third-order valence-corrected chi connectivity index (χ3v) is 4.86. The lowest BCUT2D eigenvalue weighted by Crippen LogP contribution is -2.39. The molecule has 0 saturated heterocycles. The fourth-order valence-electron chi connectivity index (χ4n) is 3.37. The Morgan fingerprint density at radius 1 is 1.10 bits per heavy atom. The van der Waals surface area contributed by atoms with Crippen molar-refractivity contribution in [2.24, 2.45) is 4.99 Å². The number of hydrogen-bond donors (Lipinski definition) is 1. The van der Waals surface area contributed by atoms with E-state index in [0.717, 1.165) is 43.6 Å². The standard InChI is InChI=1S/C24H31N5O.HI/c1-4-30-22-12-10-21(11-13-22)18-28(3)24(25-2)27-15-14-23-26-16-17-29(23)19-20-8-6-5-7-9-20;/h5-13,16-17H,4,14-15,18-19H2,1-3H3,(H,25,27);1H. The molecule has 0 aliphatic heterocycles. The van der Waals surface area contributed by atoms with Gasteiger partial charge in [0, 0.05) is 52.5 Å². The van der Waals surface area contributed by atoms with E-state index in [1.807, 2.05) is 51.6 Å². The Bertz CT molecular complexity index is 925. The Balaban J connectivity index is 0.00000341. The van der Waals surface area contributed by atoms with E-state index in [1.54, 1.807) is 0 Å². The summed E-state index contributed by atoms with van der Waals surface area (Å²) >= 11 is 0. The van der Waals surface area contributed by atoms with Crippen LogP contribution in [-0.2, 0) is 19.5 Å². The Kier molecular flexibility index (Phi) is 10.4. The Morgan fingerprint density at radius 3 is 2.52 bits per heavy atom. The number of hydrogen-bond acceptors (Lipinski definition) is 3. The highest BCUT2D eigenvalue weighted by molar-refractivity contribution is 14.0. The maximum absolute atomic E-state index is 5.51. The molecule has 0 amide bonds. The fourth-order valence-corrected chi connectivity index (χ4v) is 3.37. The van der Waals surface area contributed by atoms with Crippen molar-refractivity contribution in [1.82, 2.24) is 19.8 Å². The molecule has 3 rings (SSSR count). The summed E-state index contributed by atoms with van der Waals surface area (Å²) in [6.07, 6.45) is 4.73. The summed E-state index contributed by atoms with van der Waals surface area (Å²) in [6.45, 7) is 5.05. The molecule has 0 aliphatic carbocycles. The number of rotatable bonds is 9. The van der Waals surface area contributed by atoms with Gasteiger partial charge >= 0.3 is 0 Å². The number of ether oxygens (including phenoxy) is 1. The molecule has 1 heterocycles. The normalized spacial score (nSPS) is 11.0. The van der Waals surface area contributed by atoms with Gasteiger partial charge in [-0.3, -0.25) is 4.99 Å². The molecule has 0 atom stereocenters. The molecule has 0 unspecified atom stereocenters. The second-order valence-electron chi connectivity index (χ2n) is 7.11. The SMILES string of the molecule is CCOc1ccc(CN(C)C(=NC)NCCc2nccn2Cc2ccccc2)cc1.I. The number of nitrogens with zero attached hydrogens (tertiary/aromatic N) is 4. The smallest absolute Gasteiger partial charge is 0.193 e. The Morgan fingerprint density at radius 2 is 1.84 bits per heavy atom. The van der Waals surface area contributed by atoms with Crippen molar-refractivity contribution in [3.05, 3.63) is 83.9 Å². The van der Waals surface area contributed by atoms with E-state index in [9.17, 15) is 0 Å². The number of imidazole rings is 1. The summed E-state index contributed by atoms with van der Waals surface area (Å²) in [6, 6.07) is 18.7. The summed E-state index contributed by atoms with van der Waals surface area (Å²) < 4.78 is 7.71. The van der Waals surface area contributed by atoms with Gasteiger partial charge in [0.05, 0.1) is 6.61 Å². The van der Waals surface area contributed by atoms with Crippen LogP contribution in [-0.4, -0.2) is 47.7 Å². The van der Waals surface area contributed by atoms with E-state index >= 15 is 0 Å². The van der Waals surface area contributed by atoms with Crippen molar-refractivity contribution >= 4 is 29.9 Å². The van der Waals surface area contributed by atoms with Crippen molar-refractivity contribution in [3.63, 3.8) is 0 Å². The van der Waals surface area contributed by atoms with E-state index in [0.29, 0.717) is 6.61 Å². The summed E-state index contributed by atoms with van der Waals surface area (Å²) in [4.78, 5) is 11.1. The topological polar surface area (TPSA) is 54.7 Å². The lowest BCUT2D eigenvalue weighted by atomic mass is 10.2. The summed E-state index contributed by atoms with van der Waals surface area (Å²) in [5.74, 6) is 2.83. The molecule has 3 aromatic rings. The van der Waals surface area contributed by atoms with Crippen LogP contribution in [0.3, 0.4) is 0 Å². The van der Waals surface area contributed by atoms with Crippen LogP contribution in [0.25, 0.3) is 0 Å². The van der Waals surface area contributed by atoms with Gasteiger partial charge in [0.15, 0.2) is 5.96 Å². The molecule has 0 spiro atoms. The van der Waals surface area contributed by atoms with Crippen LogP contribution >= 0.6 is 24.0 Å². The Hall–Kier alpha value is -2.55. The van der Waals surface area contributed by atoms with Gasteiger partial charge in [0.25, 0.3) is 0 Å². The molecule has 166 valence electrons. The van der Waals surface area contributed by atoms with Gasteiger partial charge in [-0.05, 0) is 30.2 Å². The van der Waals surface area contributed by atoms with Crippen molar-refractivity contribution in [2.45, 2.75) is 26.4 Å². The van der Waals surface area contributed by atoms with Crippen molar-refractivity contribution in [2.75, 3.05) is 27.2 Å². The molecular weight excluding hydrogens is 501 g/mol. The molecule has 1 N–H and O–H groups in total. The van der Waals surface area contributed by atoms with E-state index in [-0.39, 0.29) is 24.0 Å². The number of aliphatic imine (C=N–C) groups is 1. The van der Waals surface area contributed by atoms with Gasteiger partial charge in [0.1, 0.15) is 11.6 Å². The average Bonchev–Trinajstić information content (AvgIpc) is 3.20. The van der Waals surface area contributed by atoms with E-state index in [1.165, 1.54) is 11.1 Å². The van der Waals surface area contributed by atoms with Gasteiger partial charge in [-0.2, -0.15) is 0 Å². The molecule has 0 bridgehead atoms. The number of benzene rings is 2. The molecule has 1 aromatic heterocycles. The van der Waals surface area contributed by atoms with Crippen LogP contribution in [0.15, 0.2) is 72.0 Å². The molecular formula is C24H32IN5O. The highest BCUT2D eigenvalue weighted by atomic mass is 127. The van der Waals surface area contributed by atoms with Crippen LogP contribution in [0.5, 0.6) is 5.75 Å². The first kappa shape index (κ1) is 24.7. The predicted octanol–water partition coefficient (Wildman–Crippen LogP) is 4.20. The first-order chi connectivity index (χ1) is 14.7. The van der Waals surface area contributed by atoms with Gasteiger partial charge in [-0.15, -0.1) is 24.0 Å². The minimum Gasteiger partial charge on any atom is -0.494 e. The van der Waals surface area contributed by atoms with Crippen LogP contribution in [0.1, 0.15) is 23.9 Å². The lowest BCUT2D eigenvalue weighted by Gasteiger charge is -2.22. The minimum atomic E-state index is 0. The minimum absolute atomic E-state index is 0. The Labute approximate surface area is 202 Å². The van der Waals surface area contributed by atoms with E-state index < -0.39 is 0 Å².